The number of rotatable bonds is 3. The summed E-state index contributed by atoms with van der Waals surface area (Å²) in [5, 5.41) is 3.38. The fourth-order valence-electron chi connectivity index (χ4n) is 4.94. The van der Waals surface area contributed by atoms with Crippen LogP contribution in [-0.4, -0.2) is 9.97 Å². The molecule has 0 saturated carbocycles. The zero-order chi connectivity index (χ0) is 23.2. The first-order valence-electron chi connectivity index (χ1n) is 11.7. The van der Waals surface area contributed by atoms with E-state index in [-0.39, 0.29) is 0 Å². The number of furan rings is 1. The summed E-state index contributed by atoms with van der Waals surface area (Å²) in [6, 6.07) is 37.7. The van der Waals surface area contributed by atoms with Crippen molar-refractivity contribution in [3.8, 4) is 33.5 Å². The van der Waals surface area contributed by atoms with Crippen LogP contribution in [-0.2, 0) is 0 Å². The molecule has 0 saturated heterocycles. The lowest BCUT2D eigenvalue weighted by atomic mass is 9.95. The molecule has 0 amide bonds. The smallest absolute Gasteiger partial charge is 0.136 e. The third-order valence-electron chi connectivity index (χ3n) is 6.61. The Kier molecular flexibility index (Phi) is 4.46. The molecular formula is C32H20N2O. The maximum absolute atomic E-state index is 6.27. The fraction of sp³-hybridized carbons (Fsp3) is 0. The van der Waals surface area contributed by atoms with Crippen LogP contribution in [0, 0.1) is 0 Å². The van der Waals surface area contributed by atoms with Gasteiger partial charge in [0.25, 0.3) is 0 Å². The van der Waals surface area contributed by atoms with Crippen molar-refractivity contribution in [1.29, 1.82) is 0 Å². The molecule has 0 atom stereocenters. The summed E-state index contributed by atoms with van der Waals surface area (Å²) in [5.41, 5.74) is 9.48. The van der Waals surface area contributed by atoms with Gasteiger partial charge in [-0.3, -0.25) is 9.97 Å². The molecule has 3 nitrogen and oxygen atoms in total. The van der Waals surface area contributed by atoms with E-state index >= 15 is 0 Å². The van der Waals surface area contributed by atoms with E-state index in [9.17, 15) is 0 Å². The Morgan fingerprint density at radius 1 is 0.486 bits per heavy atom. The number of hydrogen-bond acceptors (Lipinski definition) is 3. The fourth-order valence-corrected chi connectivity index (χ4v) is 4.94. The van der Waals surface area contributed by atoms with Crippen molar-refractivity contribution in [2.45, 2.75) is 0 Å². The highest BCUT2D eigenvalue weighted by Gasteiger charge is 2.15. The number of pyridine rings is 2. The Bertz CT molecular complexity index is 1830. The van der Waals surface area contributed by atoms with Crippen LogP contribution in [0.3, 0.4) is 0 Å². The van der Waals surface area contributed by atoms with E-state index < -0.39 is 0 Å². The highest BCUT2D eigenvalue weighted by molar-refractivity contribution is 6.15. The average Bonchev–Trinajstić information content (AvgIpc) is 3.31. The monoisotopic (exact) mass is 448 g/mol. The molecule has 3 aromatic heterocycles. The Labute approximate surface area is 202 Å². The Morgan fingerprint density at radius 2 is 1.29 bits per heavy atom. The lowest BCUT2D eigenvalue weighted by Gasteiger charge is -2.08. The summed E-state index contributed by atoms with van der Waals surface area (Å²) in [4.78, 5) is 9.02. The number of hydrogen-bond donors (Lipinski definition) is 0. The minimum Gasteiger partial charge on any atom is -0.456 e. The van der Waals surface area contributed by atoms with Gasteiger partial charge in [-0.2, -0.15) is 0 Å². The van der Waals surface area contributed by atoms with Crippen LogP contribution >= 0.6 is 0 Å². The minimum atomic E-state index is 0.889. The molecule has 0 aliphatic rings. The average molecular weight is 449 g/mol. The van der Waals surface area contributed by atoms with E-state index in [0.717, 1.165) is 66.4 Å². The number of fused-ring (bicyclic) bond motifs is 4. The molecule has 4 aromatic carbocycles. The van der Waals surface area contributed by atoms with Crippen LogP contribution in [0.15, 0.2) is 126 Å². The molecule has 0 fully saturated rings. The highest BCUT2D eigenvalue weighted by atomic mass is 16.3. The maximum Gasteiger partial charge on any atom is 0.136 e. The third-order valence-corrected chi connectivity index (χ3v) is 6.61. The van der Waals surface area contributed by atoms with E-state index in [0.29, 0.717) is 0 Å². The molecule has 0 bridgehead atoms. The molecule has 35 heavy (non-hydrogen) atoms. The molecule has 0 spiro atoms. The summed E-state index contributed by atoms with van der Waals surface area (Å²) < 4.78 is 6.27. The molecule has 164 valence electrons. The molecule has 0 N–H and O–H groups in total. The van der Waals surface area contributed by atoms with Crippen LogP contribution < -0.4 is 0 Å². The van der Waals surface area contributed by atoms with E-state index in [1.165, 1.54) is 0 Å². The van der Waals surface area contributed by atoms with Gasteiger partial charge in [0.15, 0.2) is 0 Å². The number of benzene rings is 4. The summed E-state index contributed by atoms with van der Waals surface area (Å²) in [6.45, 7) is 0. The van der Waals surface area contributed by atoms with Crippen LogP contribution in [0.1, 0.15) is 0 Å². The van der Waals surface area contributed by atoms with Gasteiger partial charge >= 0.3 is 0 Å². The second-order valence-electron chi connectivity index (χ2n) is 8.66. The van der Waals surface area contributed by atoms with Crippen LogP contribution in [0.25, 0.3) is 66.4 Å². The SMILES string of the molecule is c1ccc(-c2ccc(-c3ccc4oc5cccc(-c6cccc7ncccc67)c5c4c3)cc2)nc1. The lowest BCUT2D eigenvalue weighted by Crippen LogP contribution is -1.85. The van der Waals surface area contributed by atoms with Crippen molar-refractivity contribution in [3.05, 3.63) is 122 Å². The minimum absolute atomic E-state index is 0.889. The number of nitrogens with zero attached hydrogens (tertiary/aromatic N) is 2. The summed E-state index contributed by atoms with van der Waals surface area (Å²) in [6.07, 6.45) is 3.66. The van der Waals surface area contributed by atoms with Crippen molar-refractivity contribution in [3.63, 3.8) is 0 Å². The van der Waals surface area contributed by atoms with Gasteiger partial charge in [-0.05, 0) is 64.7 Å². The number of aromatic nitrogens is 2. The molecule has 0 aliphatic heterocycles. The Morgan fingerprint density at radius 3 is 2.17 bits per heavy atom. The highest BCUT2D eigenvalue weighted by Crippen LogP contribution is 2.40. The van der Waals surface area contributed by atoms with Crippen molar-refractivity contribution in [2.75, 3.05) is 0 Å². The molecule has 3 heterocycles. The first-order chi connectivity index (χ1) is 17.3. The topological polar surface area (TPSA) is 38.9 Å². The van der Waals surface area contributed by atoms with Crippen molar-refractivity contribution in [2.24, 2.45) is 0 Å². The lowest BCUT2D eigenvalue weighted by molar-refractivity contribution is 0.669. The van der Waals surface area contributed by atoms with Crippen LogP contribution in [0.2, 0.25) is 0 Å². The standard InChI is InChI=1S/C32H20N2O/c1-2-18-33-28(9-1)22-14-12-21(13-15-22)23-16-17-30-27(20-23)32-26(7-4-11-31(32)35-30)24-6-3-10-29-25(24)8-5-19-34-29/h1-20H. The zero-order valence-electron chi connectivity index (χ0n) is 18.8. The van der Waals surface area contributed by atoms with E-state index in [1.807, 2.05) is 42.7 Å². The van der Waals surface area contributed by atoms with Crippen molar-refractivity contribution in [1.82, 2.24) is 9.97 Å². The molecule has 0 aliphatic carbocycles. The molecule has 3 heteroatoms. The first kappa shape index (κ1) is 19.7. The molecule has 0 radical (unpaired) electrons. The molecule has 7 rings (SSSR count). The van der Waals surface area contributed by atoms with Gasteiger partial charge in [0.05, 0.1) is 11.2 Å². The Hall–Kier alpha value is -4.76. The van der Waals surface area contributed by atoms with E-state index in [4.69, 9.17) is 4.42 Å². The molecular weight excluding hydrogens is 428 g/mol. The maximum atomic E-state index is 6.27. The summed E-state index contributed by atoms with van der Waals surface area (Å²) in [5.74, 6) is 0. The van der Waals surface area contributed by atoms with Crippen LogP contribution in [0.4, 0.5) is 0 Å². The second kappa shape index (κ2) is 7.93. The van der Waals surface area contributed by atoms with E-state index in [2.05, 4.69) is 88.8 Å². The van der Waals surface area contributed by atoms with Gasteiger partial charge < -0.3 is 4.42 Å². The second-order valence-corrected chi connectivity index (χ2v) is 8.66. The Balaban J connectivity index is 1.40. The predicted molar refractivity (Wildman–Crippen MR) is 143 cm³/mol. The normalized spacial score (nSPS) is 11.4. The van der Waals surface area contributed by atoms with Gasteiger partial charge in [-0.15, -0.1) is 0 Å². The van der Waals surface area contributed by atoms with Gasteiger partial charge in [-0.1, -0.05) is 66.7 Å². The largest absolute Gasteiger partial charge is 0.456 e. The third kappa shape index (κ3) is 3.29. The molecule has 0 unspecified atom stereocenters. The van der Waals surface area contributed by atoms with Gasteiger partial charge in [0, 0.05) is 34.1 Å². The first-order valence-corrected chi connectivity index (χ1v) is 11.7. The van der Waals surface area contributed by atoms with Gasteiger partial charge in [0.2, 0.25) is 0 Å². The van der Waals surface area contributed by atoms with Crippen LogP contribution in [0.5, 0.6) is 0 Å². The van der Waals surface area contributed by atoms with E-state index in [1.54, 1.807) is 0 Å². The van der Waals surface area contributed by atoms with Gasteiger partial charge in [0.1, 0.15) is 11.2 Å². The summed E-state index contributed by atoms with van der Waals surface area (Å²) >= 11 is 0. The predicted octanol–water partition coefficient (Wildman–Crippen LogP) is 8.53. The van der Waals surface area contributed by atoms with Crippen molar-refractivity contribution < 1.29 is 4.42 Å². The molecule has 7 aromatic rings. The van der Waals surface area contributed by atoms with Gasteiger partial charge in [-0.25, -0.2) is 0 Å². The zero-order valence-corrected chi connectivity index (χ0v) is 18.8. The van der Waals surface area contributed by atoms with Crippen molar-refractivity contribution >= 4 is 32.8 Å². The summed E-state index contributed by atoms with van der Waals surface area (Å²) in [7, 11) is 0. The quantitative estimate of drug-likeness (QED) is 0.272.